The molecule has 1 aromatic heterocycles. The van der Waals surface area contributed by atoms with Gasteiger partial charge in [-0.15, -0.1) is 0 Å². The molecule has 2 amide bonds. The van der Waals surface area contributed by atoms with Crippen molar-refractivity contribution in [2.45, 2.75) is 57.2 Å². The van der Waals surface area contributed by atoms with E-state index in [2.05, 4.69) is 20.6 Å². The largest absolute Gasteiger partial charge is 0.379 e. The van der Waals surface area contributed by atoms with Crippen molar-refractivity contribution < 1.29 is 9.53 Å². The number of aromatic nitrogens is 2. The molecule has 1 aliphatic carbocycles. The predicted molar refractivity (Wildman–Crippen MR) is 96.4 cm³/mol. The van der Waals surface area contributed by atoms with Crippen LogP contribution in [0.15, 0.2) is 18.5 Å². The number of hydrogen-bond donors (Lipinski definition) is 2. The molecule has 2 N–H and O–H groups in total. The smallest absolute Gasteiger partial charge is 0.315 e. The zero-order valence-electron chi connectivity index (χ0n) is 15.2. The van der Waals surface area contributed by atoms with Gasteiger partial charge >= 0.3 is 6.03 Å². The molecule has 2 heterocycles. The summed E-state index contributed by atoms with van der Waals surface area (Å²) in [6.45, 7) is 6.93. The highest BCUT2D eigenvalue weighted by Crippen LogP contribution is 2.33. The fourth-order valence-electron chi connectivity index (χ4n) is 4.11. The summed E-state index contributed by atoms with van der Waals surface area (Å²) in [5.41, 5.74) is 0.102. The van der Waals surface area contributed by atoms with Crippen LogP contribution in [0.3, 0.4) is 0 Å². The average Bonchev–Trinajstić information content (AvgIpc) is 3.14. The molecule has 0 aromatic carbocycles. The predicted octanol–water partition coefficient (Wildman–Crippen LogP) is 1.61. The van der Waals surface area contributed by atoms with E-state index in [9.17, 15) is 4.79 Å². The second kappa shape index (κ2) is 8.67. The second-order valence-corrected chi connectivity index (χ2v) is 7.34. The highest BCUT2D eigenvalue weighted by molar-refractivity contribution is 5.74. The molecular formula is C18H31N5O2. The first kappa shape index (κ1) is 18.2. The van der Waals surface area contributed by atoms with Crippen molar-refractivity contribution in [2.24, 2.45) is 0 Å². The molecule has 1 atom stereocenters. The summed E-state index contributed by atoms with van der Waals surface area (Å²) in [6.07, 6.45) is 9.78. The molecule has 1 saturated heterocycles. The lowest BCUT2D eigenvalue weighted by Gasteiger charge is -2.48. The maximum atomic E-state index is 12.4. The van der Waals surface area contributed by atoms with Crippen molar-refractivity contribution in [2.75, 3.05) is 32.8 Å². The minimum Gasteiger partial charge on any atom is -0.379 e. The number of morpholine rings is 1. The van der Waals surface area contributed by atoms with Crippen LogP contribution in [0.25, 0.3) is 0 Å². The summed E-state index contributed by atoms with van der Waals surface area (Å²) < 4.78 is 7.35. The van der Waals surface area contributed by atoms with Crippen molar-refractivity contribution in [3.63, 3.8) is 0 Å². The molecule has 1 aromatic rings. The molecule has 0 radical (unpaired) electrons. The van der Waals surface area contributed by atoms with Gasteiger partial charge in [-0.3, -0.25) is 9.58 Å². The third-order valence-electron chi connectivity index (χ3n) is 5.44. The van der Waals surface area contributed by atoms with Crippen LogP contribution in [0.5, 0.6) is 0 Å². The van der Waals surface area contributed by atoms with Gasteiger partial charge in [0.05, 0.1) is 19.8 Å². The number of nitrogens with zero attached hydrogens (tertiary/aromatic N) is 3. The molecular weight excluding hydrogens is 318 g/mol. The first-order valence-corrected chi connectivity index (χ1v) is 9.53. The molecule has 7 heteroatoms. The minimum absolute atomic E-state index is 0.0330. The zero-order chi connectivity index (χ0) is 17.5. The minimum atomic E-state index is -0.0853. The number of nitrogens with one attached hydrogen (secondary N) is 2. The summed E-state index contributed by atoms with van der Waals surface area (Å²) in [4.78, 5) is 14.9. The Morgan fingerprint density at radius 1 is 1.28 bits per heavy atom. The fourth-order valence-corrected chi connectivity index (χ4v) is 4.11. The maximum Gasteiger partial charge on any atom is 0.315 e. The molecule has 7 nitrogen and oxygen atoms in total. The molecule has 1 aliphatic heterocycles. The van der Waals surface area contributed by atoms with E-state index < -0.39 is 0 Å². The first-order chi connectivity index (χ1) is 12.2. The normalized spacial score (nSPS) is 22.3. The third-order valence-corrected chi connectivity index (χ3v) is 5.44. The molecule has 3 rings (SSSR count). The van der Waals surface area contributed by atoms with Crippen LogP contribution in [0.4, 0.5) is 4.79 Å². The Morgan fingerprint density at radius 3 is 2.72 bits per heavy atom. The van der Waals surface area contributed by atoms with Crippen LogP contribution in [-0.2, 0) is 11.3 Å². The van der Waals surface area contributed by atoms with Gasteiger partial charge in [-0.2, -0.15) is 5.10 Å². The van der Waals surface area contributed by atoms with Gasteiger partial charge in [0.2, 0.25) is 0 Å². The number of rotatable bonds is 6. The summed E-state index contributed by atoms with van der Waals surface area (Å²) in [7, 11) is 0. The zero-order valence-corrected chi connectivity index (χ0v) is 15.2. The lowest BCUT2D eigenvalue weighted by molar-refractivity contribution is -0.0357. The highest BCUT2D eigenvalue weighted by Gasteiger charge is 2.38. The van der Waals surface area contributed by atoms with Crippen LogP contribution >= 0.6 is 0 Å². The number of amides is 2. The summed E-state index contributed by atoms with van der Waals surface area (Å²) in [5, 5.41) is 10.3. The van der Waals surface area contributed by atoms with Gasteiger partial charge in [0.1, 0.15) is 0 Å². The van der Waals surface area contributed by atoms with Gasteiger partial charge in [-0.05, 0) is 25.8 Å². The standard InChI is InChI=1S/C18H31N5O2/c1-16(14-23-9-5-8-20-23)21-17(24)19-15-18(6-3-2-4-7-18)22-10-12-25-13-11-22/h5,8-9,16H,2-4,6-7,10-15H2,1H3,(H2,19,21,24). The van der Waals surface area contributed by atoms with E-state index >= 15 is 0 Å². The van der Waals surface area contributed by atoms with Gasteiger partial charge in [-0.1, -0.05) is 19.3 Å². The van der Waals surface area contributed by atoms with Gasteiger partial charge in [0, 0.05) is 43.6 Å². The Balaban J connectivity index is 1.50. The third kappa shape index (κ3) is 4.95. The number of ether oxygens (including phenoxy) is 1. The Labute approximate surface area is 150 Å². The summed E-state index contributed by atoms with van der Waals surface area (Å²) >= 11 is 0. The first-order valence-electron chi connectivity index (χ1n) is 9.53. The van der Waals surface area contributed by atoms with Crippen LogP contribution in [0.2, 0.25) is 0 Å². The van der Waals surface area contributed by atoms with Crippen LogP contribution in [0, 0.1) is 0 Å². The second-order valence-electron chi connectivity index (χ2n) is 7.34. The van der Waals surface area contributed by atoms with Crippen LogP contribution < -0.4 is 10.6 Å². The quantitative estimate of drug-likeness (QED) is 0.818. The Kier molecular flexibility index (Phi) is 6.31. The van der Waals surface area contributed by atoms with E-state index in [1.807, 2.05) is 23.9 Å². The van der Waals surface area contributed by atoms with Crippen LogP contribution in [-0.4, -0.2) is 65.1 Å². The van der Waals surface area contributed by atoms with E-state index in [1.165, 1.54) is 19.3 Å². The summed E-state index contributed by atoms with van der Waals surface area (Å²) in [5.74, 6) is 0. The SMILES string of the molecule is CC(Cn1cccn1)NC(=O)NCC1(N2CCOCC2)CCCCC1. The molecule has 2 aliphatic rings. The van der Waals surface area contributed by atoms with E-state index in [0.29, 0.717) is 13.1 Å². The summed E-state index contributed by atoms with van der Waals surface area (Å²) in [6, 6.07) is 1.84. The van der Waals surface area contributed by atoms with E-state index in [0.717, 1.165) is 39.1 Å². The van der Waals surface area contributed by atoms with E-state index in [4.69, 9.17) is 4.74 Å². The number of hydrogen-bond acceptors (Lipinski definition) is 4. The molecule has 0 bridgehead atoms. The molecule has 1 unspecified atom stereocenters. The monoisotopic (exact) mass is 349 g/mol. The van der Waals surface area contributed by atoms with E-state index in [-0.39, 0.29) is 17.6 Å². The van der Waals surface area contributed by atoms with Gasteiger partial charge in [-0.25, -0.2) is 4.79 Å². The highest BCUT2D eigenvalue weighted by atomic mass is 16.5. The lowest BCUT2D eigenvalue weighted by atomic mass is 9.80. The Bertz CT molecular complexity index is 522. The number of carbonyl (C=O) groups is 1. The maximum absolute atomic E-state index is 12.4. The Morgan fingerprint density at radius 2 is 2.04 bits per heavy atom. The molecule has 1 saturated carbocycles. The van der Waals surface area contributed by atoms with Crippen molar-refractivity contribution in [3.05, 3.63) is 18.5 Å². The van der Waals surface area contributed by atoms with Gasteiger partial charge in [0.15, 0.2) is 0 Å². The average molecular weight is 349 g/mol. The van der Waals surface area contributed by atoms with E-state index in [1.54, 1.807) is 6.20 Å². The van der Waals surface area contributed by atoms with Crippen molar-refractivity contribution in [3.8, 4) is 0 Å². The molecule has 0 spiro atoms. The topological polar surface area (TPSA) is 71.4 Å². The van der Waals surface area contributed by atoms with Gasteiger partial charge < -0.3 is 15.4 Å². The molecule has 25 heavy (non-hydrogen) atoms. The Hall–Kier alpha value is -1.60. The van der Waals surface area contributed by atoms with Crippen molar-refractivity contribution in [1.82, 2.24) is 25.3 Å². The van der Waals surface area contributed by atoms with Gasteiger partial charge in [0.25, 0.3) is 0 Å². The van der Waals surface area contributed by atoms with Crippen LogP contribution in [0.1, 0.15) is 39.0 Å². The lowest BCUT2D eigenvalue weighted by Crippen LogP contribution is -2.60. The number of carbonyl (C=O) groups excluding carboxylic acids is 1. The molecule has 140 valence electrons. The molecule has 2 fully saturated rings. The van der Waals surface area contributed by atoms with Crippen molar-refractivity contribution in [1.29, 1.82) is 0 Å². The number of urea groups is 1. The fraction of sp³-hybridized carbons (Fsp3) is 0.778. The van der Waals surface area contributed by atoms with Crippen molar-refractivity contribution >= 4 is 6.03 Å².